The van der Waals surface area contributed by atoms with Gasteiger partial charge in [-0.25, -0.2) is 0 Å². The van der Waals surface area contributed by atoms with Crippen LogP contribution >= 0.6 is 0 Å². The molecule has 1 fully saturated rings. The number of rotatable bonds is 6. The fourth-order valence-electron chi connectivity index (χ4n) is 2.46. The van der Waals surface area contributed by atoms with Crippen molar-refractivity contribution in [2.24, 2.45) is 0 Å². The van der Waals surface area contributed by atoms with Crippen molar-refractivity contribution in [3.63, 3.8) is 0 Å². The van der Waals surface area contributed by atoms with Gasteiger partial charge in [-0.2, -0.15) is 0 Å². The molecular formula is C17H24N4. The van der Waals surface area contributed by atoms with E-state index in [0.29, 0.717) is 18.2 Å². The summed E-state index contributed by atoms with van der Waals surface area (Å²) in [5, 5.41) is 22.2. The quantitative estimate of drug-likeness (QED) is 0.605. The van der Waals surface area contributed by atoms with Crippen molar-refractivity contribution in [1.82, 2.24) is 5.32 Å². The van der Waals surface area contributed by atoms with Gasteiger partial charge in [0.25, 0.3) is 0 Å². The molecular weight excluding hydrogens is 260 g/mol. The van der Waals surface area contributed by atoms with E-state index < -0.39 is 0 Å². The smallest absolute Gasteiger partial charge is 0.0342 e. The summed E-state index contributed by atoms with van der Waals surface area (Å²) in [6.45, 7) is 4.11. The molecule has 0 radical (unpaired) electrons. The Hall–Kier alpha value is -1.94. The molecule has 0 spiro atoms. The van der Waals surface area contributed by atoms with Crippen molar-refractivity contribution < 1.29 is 0 Å². The van der Waals surface area contributed by atoms with Gasteiger partial charge in [-0.05, 0) is 56.1 Å². The maximum absolute atomic E-state index is 7.73. The van der Waals surface area contributed by atoms with Gasteiger partial charge in [-0.3, -0.25) is 0 Å². The van der Waals surface area contributed by atoms with Gasteiger partial charge in [0.05, 0.1) is 0 Å². The zero-order chi connectivity index (χ0) is 15.1. The van der Waals surface area contributed by atoms with Crippen LogP contribution in [-0.2, 0) is 0 Å². The van der Waals surface area contributed by atoms with Crippen LogP contribution in [0.15, 0.2) is 30.3 Å². The van der Waals surface area contributed by atoms with E-state index in [0.717, 1.165) is 42.8 Å². The molecule has 21 heavy (non-hydrogen) atoms. The molecule has 4 nitrogen and oxygen atoms in total. The zero-order valence-electron chi connectivity index (χ0n) is 12.6. The molecule has 1 saturated heterocycles. The number of nitrogens with one attached hydrogen (secondary N) is 4. The third-order valence-electron chi connectivity index (χ3n) is 3.79. The lowest BCUT2D eigenvalue weighted by Gasteiger charge is -2.24. The van der Waals surface area contributed by atoms with E-state index in [9.17, 15) is 0 Å². The van der Waals surface area contributed by atoms with Crippen LogP contribution in [0.4, 0.5) is 5.69 Å². The molecule has 1 aliphatic heterocycles. The molecule has 0 aromatic heterocycles. The molecule has 0 bridgehead atoms. The van der Waals surface area contributed by atoms with Crippen LogP contribution in [0.1, 0.15) is 31.7 Å². The third kappa shape index (κ3) is 4.53. The number of hydrogen-bond acceptors (Lipinski definition) is 4. The molecule has 2 rings (SSSR count). The maximum atomic E-state index is 7.73. The molecule has 0 aliphatic carbocycles. The van der Waals surface area contributed by atoms with Gasteiger partial charge in [0, 0.05) is 29.2 Å². The Morgan fingerprint density at radius 2 is 1.95 bits per heavy atom. The van der Waals surface area contributed by atoms with Gasteiger partial charge >= 0.3 is 0 Å². The lowest BCUT2D eigenvalue weighted by Crippen LogP contribution is -2.35. The SMILES string of the molecule is CCC(=N)/C=C(\C=N)c1ccc(NC2CCNCC2)cc1. The number of benzene rings is 1. The zero-order valence-corrected chi connectivity index (χ0v) is 12.6. The summed E-state index contributed by atoms with van der Waals surface area (Å²) in [5.74, 6) is 0. The van der Waals surface area contributed by atoms with Crippen LogP contribution in [0, 0.1) is 10.8 Å². The minimum atomic E-state index is 0.545. The van der Waals surface area contributed by atoms with Gasteiger partial charge in [-0.1, -0.05) is 19.1 Å². The average Bonchev–Trinajstić information content (AvgIpc) is 2.54. The first kappa shape index (κ1) is 15.4. The first-order chi connectivity index (χ1) is 10.2. The standard InChI is InChI=1S/C17H24N4/c1-2-15(19)11-14(12-18)13-3-5-16(6-4-13)21-17-7-9-20-10-8-17/h3-6,11-12,17-21H,2,7-10H2,1H3/b14-11+,18-12?,19-15?. The Balaban J connectivity index is 2.05. The van der Waals surface area contributed by atoms with Crippen LogP contribution in [0.5, 0.6) is 0 Å². The summed E-state index contributed by atoms with van der Waals surface area (Å²) in [6.07, 6.45) is 6.08. The van der Waals surface area contributed by atoms with E-state index >= 15 is 0 Å². The summed E-state index contributed by atoms with van der Waals surface area (Å²) in [4.78, 5) is 0. The first-order valence-electron chi connectivity index (χ1n) is 7.60. The van der Waals surface area contributed by atoms with Gasteiger partial charge in [0.15, 0.2) is 0 Å². The molecule has 1 aromatic rings. The minimum Gasteiger partial charge on any atom is -0.382 e. The van der Waals surface area contributed by atoms with E-state index in [4.69, 9.17) is 10.8 Å². The molecule has 4 heteroatoms. The normalized spacial score (nSPS) is 16.5. The predicted octanol–water partition coefficient (Wildman–Crippen LogP) is 3.31. The number of anilines is 1. The lowest BCUT2D eigenvalue weighted by atomic mass is 10.0. The molecule has 4 N–H and O–H groups in total. The minimum absolute atomic E-state index is 0.545. The second kappa shape index (κ2) is 7.74. The Labute approximate surface area is 126 Å². The van der Waals surface area contributed by atoms with E-state index in [-0.39, 0.29) is 0 Å². The van der Waals surface area contributed by atoms with Crippen molar-refractivity contribution in [2.45, 2.75) is 32.2 Å². The summed E-state index contributed by atoms with van der Waals surface area (Å²) >= 11 is 0. The highest BCUT2D eigenvalue weighted by Gasteiger charge is 2.12. The van der Waals surface area contributed by atoms with Crippen LogP contribution in [0.25, 0.3) is 5.57 Å². The average molecular weight is 284 g/mol. The van der Waals surface area contributed by atoms with Gasteiger partial charge < -0.3 is 21.5 Å². The summed E-state index contributed by atoms with van der Waals surface area (Å²) in [7, 11) is 0. The molecule has 0 unspecified atom stereocenters. The van der Waals surface area contributed by atoms with E-state index in [1.54, 1.807) is 6.08 Å². The molecule has 0 saturated carbocycles. The van der Waals surface area contributed by atoms with Crippen LogP contribution in [-0.4, -0.2) is 31.1 Å². The van der Waals surface area contributed by atoms with E-state index in [1.807, 2.05) is 19.1 Å². The summed E-state index contributed by atoms with van der Waals surface area (Å²) in [5.41, 5.74) is 3.44. The highest BCUT2D eigenvalue weighted by atomic mass is 15.0. The van der Waals surface area contributed by atoms with E-state index in [2.05, 4.69) is 22.8 Å². The van der Waals surface area contributed by atoms with Crippen LogP contribution in [0.3, 0.4) is 0 Å². The molecule has 0 amide bonds. The topological polar surface area (TPSA) is 71.8 Å². The molecule has 1 heterocycles. The Kier molecular flexibility index (Phi) is 5.69. The van der Waals surface area contributed by atoms with Crippen LogP contribution < -0.4 is 10.6 Å². The molecule has 0 atom stereocenters. The van der Waals surface area contributed by atoms with Crippen molar-refractivity contribution in [3.05, 3.63) is 35.9 Å². The monoisotopic (exact) mass is 284 g/mol. The highest BCUT2D eigenvalue weighted by Crippen LogP contribution is 2.18. The Morgan fingerprint density at radius 3 is 2.52 bits per heavy atom. The van der Waals surface area contributed by atoms with Crippen molar-refractivity contribution in [3.8, 4) is 0 Å². The summed E-state index contributed by atoms with van der Waals surface area (Å²) in [6, 6.07) is 8.70. The van der Waals surface area contributed by atoms with Crippen molar-refractivity contribution in [1.29, 1.82) is 10.8 Å². The first-order valence-corrected chi connectivity index (χ1v) is 7.60. The Bertz CT molecular complexity index is 510. The fourth-order valence-corrected chi connectivity index (χ4v) is 2.46. The number of allylic oxidation sites excluding steroid dienone is 2. The molecule has 1 aromatic carbocycles. The largest absolute Gasteiger partial charge is 0.382 e. The van der Waals surface area contributed by atoms with Crippen molar-refractivity contribution >= 4 is 23.2 Å². The second-order valence-corrected chi connectivity index (χ2v) is 5.37. The van der Waals surface area contributed by atoms with Gasteiger partial charge in [0.2, 0.25) is 0 Å². The summed E-state index contributed by atoms with van der Waals surface area (Å²) < 4.78 is 0. The van der Waals surface area contributed by atoms with Crippen molar-refractivity contribution in [2.75, 3.05) is 18.4 Å². The van der Waals surface area contributed by atoms with E-state index in [1.165, 1.54) is 6.21 Å². The fraction of sp³-hybridized carbons (Fsp3) is 0.412. The second-order valence-electron chi connectivity index (χ2n) is 5.37. The van der Waals surface area contributed by atoms with Gasteiger partial charge in [0.1, 0.15) is 0 Å². The lowest BCUT2D eigenvalue weighted by molar-refractivity contribution is 0.479. The maximum Gasteiger partial charge on any atom is 0.0342 e. The van der Waals surface area contributed by atoms with Crippen LogP contribution in [0.2, 0.25) is 0 Å². The van der Waals surface area contributed by atoms with Gasteiger partial charge in [-0.15, -0.1) is 0 Å². The molecule has 1 aliphatic rings. The number of piperidine rings is 1. The highest BCUT2D eigenvalue weighted by molar-refractivity contribution is 6.15. The number of hydrogen-bond donors (Lipinski definition) is 4. The Morgan fingerprint density at radius 1 is 1.29 bits per heavy atom. The molecule has 112 valence electrons. The predicted molar refractivity (Wildman–Crippen MR) is 90.7 cm³/mol. The third-order valence-corrected chi connectivity index (χ3v) is 3.79.